The van der Waals surface area contributed by atoms with Gasteiger partial charge in [0.25, 0.3) is 0 Å². The first-order valence-corrected chi connectivity index (χ1v) is 5.78. The summed E-state index contributed by atoms with van der Waals surface area (Å²) in [5, 5.41) is 8.86. The summed E-state index contributed by atoms with van der Waals surface area (Å²) in [6.07, 6.45) is 0.435. The van der Waals surface area contributed by atoms with Gasteiger partial charge in [0.1, 0.15) is 6.04 Å². The van der Waals surface area contributed by atoms with E-state index in [0.717, 1.165) is 0 Å². The van der Waals surface area contributed by atoms with Crippen molar-refractivity contribution in [1.82, 2.24) is 4.90 Å². The molecule has 1 aliphatic heterocycles. The summed E-state index contributed by atoms with van der Waals surface area (Å²) in [7, 11) is 0. The summed E-state index contributed by atoms with van der Waals surface area (Å²) < 4.78 is 0. The zero-order valence-electron chi connectivity index (χ0n) is 8.40. The SMILES string of the molecule is CC(C)CC(=O)N1CSC[C@H]1C(=O)O. The largest absolute Gasteiger partial charge is 0.480 e. The number of carbonyl (C=O) groups excluding carboxylic acids is 1. The van der Waals surface area contributed by atoms with E-state index >= 15 is 0 Å². The number of thioether (sulfide) groups is 1. The van der Waals surface area contributed by atoms with Crippen LogP contribution < -0.4 is 0 Å². The van der Waals surface area contributed by atoms with Gasteiger partial charge in [-0.2, -0.15) is 0 Å². The second-order valence-electron chi connectivity index (χ2n) is 3.82. The van der Waals surface area contributed by atoms with Gasteiger partial charge in [-0.05, 0) is 5.92 Å². The Labute approximate surface area is 87.7 Å². The average Bonchev–Trinajstić information content (AvgIpc) is 2.49. The standard InChI is InChI=1S/C9H15NO3S/c1-6(2)3-8(11)10-5-14-4-7(10)9(12)13/h6-7H,3-5H2,1-2H3,(H,12,13)/t7-/m0/s1. The van der Waals surface area contributed by atoms with Gasteiger partial charge in [0.05, 0.1) is 5.88 Å². The fraction of sp³-hybridized carbons (Fsp3) is 0.778. The molecule has 1 atom stereocenters. The zero-order valence-corrected chi connectivity index (χ0v) is 9.21. The maximum Gasteiger partial charge on any atom is 0.327 e. The van der Waals surface area contributed by atoms with Gasteiger partial charge in [0.15, 0.2) is 0 Å². The van der Waals surface area contributed by atoms with Crippen LogP contribution in [-0.4, -0.2) is 39.6 Å². The van der Waals surface area contributed by atoms with Crippen molar-refractivity contribution in [3.05, 3.63) is 0 Å². The number of carboxylic acid groups (broad SMARTS) is 1. The molecule has 0 aromatic rings. The van der Waals surface area contributed by atoms with E-state index in [4.69, 9.17) is 5.11 Å². The molecule has 0 radical (unpaired) electrons. The Bertz CT molecular complexity index is 242. The summed E-state index contributed by atoms with van der Waals surface area (Å²) in [6.45, 7) is 3.91. The lowest BCUT2D eigenvalue weighted by atomic mass is 10.1. The van der Waals surface area contributed by atoms with Crippen LogP contribution in [0.1, 0.15) is 20.3 Å². The van der Waals surface area contributed by atoms with Gasteiger partial charge in [0.2, 0.25) is 5.91 Å². The fourth-order valence-electron chi connectivity index (χ4n) is 1.36. The molecule has 0 bridgehead atoms. The van der Waals surface area contributed by atoms with Crippen molar-refractivity contribution in [2.24, 2.45) is 5.92 Å². The second-order valence-corrected chi connectivity index (χ2v) is 4.82. The van der Waals surface area contributed by atoms with E-state index in [2.05, 4.69) is 0 Å². The molecule has 0 aliphatic carbocycles. The number of hydrogen-bond donors (Lipinski definition) is 1. The van der Waals surface area contributed by atoms with Gasteiger partial charge in [-0.3, -0.25) is 4.79 Å². The molecule has 0 aromatic carbocycles. The van der Waals surface area contributed by atoms with Crippen LogP contribution in [0.3, 0.4) is 0 Å². The smallest absolute Gasteiger partial charge is 0.327 e. The van der Waals surface area contributed by atoms with Crippen molar-refractivity contribution in [3.63, 3.8) is 0 Å². The summed E-state index contributed by atoms with van der Waals surface area (Å²) in [4.78, 5) is 23.9. The molecule has 1 saturated heterocycles. The molecule has 0 saturated carbocycles. The second kappa shape index (κ2) is 4.68. The van der Waals surface area contributed by atoms with Crippen LogP contribution in [0, 0.1) is 5.92 Å². The summed E-state index contributed by atoms with van der Waals surface area (Å²) in [6, 6.07) is -0.619. The van der Waals surface area contributed by atoms with Gasteiger partial charge in [-0.1, -0.05) is 13.8 Å². The lowest BCUT2D eigenvalue weighted by Gasteiger charge is -2.21. The number of carbonyl (C=O) groups is 2. The van der Waals surface area contributed by atoms with Crippen LogP contribution in [-0.2, 0) is 9.59 Å². The molecule has 1 fully saturated rings. The molecule has 1 rings (SSSR count). The number of amides is 1. The van der Waals surface area contributed by atoms with E-state index in [1.54, 1.807) is 0 Å². The summed E-state index contributed by atoms with van der Waals surface area (Å²) >= 11 is 1.50. The highest BCUT2D eigenvalue weighted by Gasteiger charge is 2.34. The monoisotopic (exact) mass is 217 g/mol. The van der Waals surface area contributed by atoms with Crippen LogP contribution in [0.15, 0.2) is 0 Å². The van der Waals surface area contributed by atoms with Gasteiger partial charge in [0, 0.05) is 12.2 Å². The van der Waals surface area contributed by atoms with E-state index in [1.165, 1.54) is 16.7 Å². The average molecular weight is 217 g/mol. The van der Waals surface area contributed by atoms with Crippen molar-refractivity contribution in [3.8, 4) is 0 Å². The molecule has 80 valence electrons. The topological polar surface area (TPSA) is 57.6 Å². The highest BCUT2D eigenvalue weighted by atomic mass is 32.2. The third-order valence-electron chi connectivity index (χ3n) is 2.07. The van der Waals surface area contributed by atoms with Gasteiger partial charge in [-0.15, -0.1) is 11.8 Å². The Kier molecular flexibility index (Phi) is 3.80. The number of carboxylic acids is 1. The minimum absolute atomic E-state index is 0.0441. The number of rotatable bonds is 3. The molecule has 0 unspecified atom stereocenters. The minimum Gasteiger partial charge on any atom is -0.480 e. The third kappa shape index (κ3) is 2.64. The molecule has 1 N–H and O–H groups in total. The highest BCUT2D eigenvalue weighted by Crippen LogP contribution is 2.22. The lowest BCUT2D eigenvalue weighted by molar-refractivity contribution is -0.148. The Morgan fingerprint density at radius 3 is 2.71 bits per heavy atom. The minimum atomic E-state index is -0.896. The maximum atomic E-state index is 11.6. The summed E-state index contributed by atoms with van der Waals surface area (Å²) in [5.41, 5.74) is 0. The number of aliphatic carboxylic acids is 1. The quantitative estimate of drug-likeness (QED) is 0.766. The van der Waals surface area contributed by atoms with E-state index in [0.29, 0.717) is 18.1 Å². The first-order chi connectivity index (χ1) is 6.52. The van der Waals surface area contributed by atoms with E-state index in [-0.39, 0.29) is 11.8 Å². The van der Waals surface area contributed by atoms with Gasteiger partial charge < -0.3 is 10.0 Å². The molecule has 14 heavy (non-hydrogen) atoms. The zero-order chi connectivity index (χ0) is 10.7. The van der Waals surface area contributed by atoms with Crippen LogP contribution in [0.25, 0.3) is 0 Å². The van der Waals surface area contributed by atoms with Crippen molar-refractivity contribution in [2.75, 3.05) is 11.6 Å². The predicted molar refractivity (Wildman–Crippen MR) is 55.0 cm³/mol. The number of nitrogens with zero attached hydrogens (tertiary/aromatic N) is 1. The fourth-order valence-corrected chi connectivity index (χ4v) is 2.53. The van der Waals surface area contributed by atoms with Crippen molar-refractivity contribution in [2.45, 2.75) is 26.3 Å². The van der Waals surface area contributed by atoms with Gasteiger partial charge >= 0.3 is 5.97 Å². The Hall–Kier alpha value is -0.710. The highest BCUT2D eigenvalue weighted by molar-refractivity contribution is 7.99. The first kappa shape index (κ1) is 11.4. The Balaban J connectivity index is 2.58. The predicted octanol–water partition coefficient (Wildman–Crippen LogP) is 1.02. The normalized spacial score (nSPS) is 21.6. The molecule has 4 nitrogen and oxygen atoms in total. The maximum absolute atomic E-state index is 11.6. The molecular formula is C9H15NO3S. The lowest BCUT2D eigenvalue weighted by Crippen LogP contribution is -2.42. The first-order valence-electron chi connectivity index (χ1n) is 4.62. The third-order valence-corrected chi connectivity index (χ3v) is 3.08. The summed E-state index contributed by atoms with van der Waals surface area (Å²) in [5.74, 6) is 0.369. The number of hydrogen-bond acceptors (Lipinski definition) is 3. The Morgan fingerprint density at radius 2 is 2.21 bits per heavy atom. The van der Waals surface area contributed by atoms with Gasteiger partial charge in [-0.25, -0.2) is 4.79 Å². The Morgan fingerprint density at radius 1 is 1.57 bits per heavy atom. The van der Waals surface area contributed by atoms with Crippen molar-refractivity contribution >= 4 is 23.6 Å². The van der Waals surface area contributed by atoms with E-state index < -0.39 is 12.0 Å². The van der Waals surface area contributed by atoms with E-state index in [9.17, 15) is 9.59 Å². The molecule has 0 aromatic heterocycles. The molecule has 0 spiro atoms. The van der Waals surface area contributed by atoms with Crippen LogP contribution in [0.4, 0.5) is 0 Å². The van der Waals surface area contributed by atoms with Crippen molar-refractivity contribution in [1.29, 1.82) is 0 Å². The molecule has 1 heterocycles. The van der Waals surface area contributed by atoms with Crippen LogP contribution in [0.5, 0.6) is 0 Å². The van der Waals surface area contributed by atoms with Crippen LogP contribution in [0.2, 0.25) is 0 Å². The molecular weight excluding hydrogens is 202 g/mol. The molecule has 1 aliphatic rings. The van der Waals surface area contributed by atoms with Crippen molar-refractivity contribution < 1.29 is 14.7 Å². The molecule has 1 amide bonds. The molecule has 5 heteroatoms. The van der Waals surface area contributed by atoms with E-state index in [1.807, 2.05) is 13.8 Å². The van der Waals surface area contributed by atoms with Crippen LogP contribution >= 0.6 is 11.8 Å².